The maximum Gasteiger partial charge on any atom is 0.243 e. The first-order chi connectivity index (χ1) is 13.6. The number of carbonyl (C=O) groups excluding carboxylic acids is 2. The zero-order valence-corrected chi connectivity index (χ0v) is 16.1. The Morgan fingerprint density at radius 3 is 2.61 bits per heavy atom. The van der Waals surface area contributed by atoms with Crippen LogP contribution in [-0.2, 0) is 22.4 Å². The van der Waals surface area contributed by atoms with Crippen LogP contribution in [0, 0.1) is 0 Å². The summed E-state index contributed by atoms with van der Waals surface area (Å²) in [5.41, 5.74) is 2.89. The third kappa shape index (κ3) is 4.54. The minimum absolute atomic E-state index is 0.128. The van der Waals surface area contributed by atoms with E-state index in [0.29, 0.717) is 11.4 Å². The molecule has 1 aromatic heterocycles. The zero-order valence-electron chi connectivity index (χ0n) is 15.4. The third-order valence-electron chi connectivity index (χ3n) is 4.95. The lowest BCUT2D eigenvalue weighted by atomic mass is 10.0. The van der Waals surface area contributed by atoms with Crippen molar-refractivity contribution in [2.45, 2.75) is 37.8 Å². The highest BCUT2D eigenvalue weighted by Crippen LogP contribution is 2.21. The number of nitrogens with one attached hydrogen (secondary N) is 3. The largest absolute Gasteiger partial charge is 0.361 e. The van der Waals surface area contributed by atoms with E-state index in [1.165, 1.54) is 0 Å². The van der Waals surface area contributed by atoms with Crippen LogP contribution in [0.4, 0.5) is 0 Å². The molecule has 144 valence electrons. The van der Waals surface area contributed by atoms with Gasteiger partial charge in [-0.2, -0.15) is 0 Å². The molecule has 1 saturated carbocycles. The molecule has 1 aliphatic rings. The van der Waals surface area contributed by atoms with Gasteiger partial charge in [-0.25, -0.2) is 0 Å². The van der Waals surface area contributed by atoms with Crippen LogP contribution < -0.4 is 10.6 Å². The lowest BCUT2D eigenvalue weighted by Gasteiger charge is -2.18. The highest BCUT2D eigenvalue weighted by Gasteiger charge is 2.29. The number of para-hydroxylation sites is 1. The van der Waals surface area contributed by atoms with Crippen LogP contribution in [0.15, 0.2) is 54.7 Å². The van der Waals surface area contributed by atoms with Crippen LogP contribution in [0.5, 0.6) is 0 Å². The number of hydrogen-bond donors (Lipinski definition) is 3. The monoisotopic (exact) mass is 395 g/mol. The number of rotatable bonds is 7. The van der Waals surface area contributed by atoms with E-state index < -0.39 is 6.04 Å². The second-order valence-electron chi connectivity index (χ2n) is 7.27. The summed E-state index contributed by atoms with van der Waals surface area (Å²) in [6.07, 6.45) is 4.56. The van der Waals surface area contributed by atoms with Gasteiger partial charge in [0.15, 0.2) is 0 Å². The Hall–Kier alpha value is -2.79. The minimum Gasteiger partial charge on any atom is -0.361 e. The lowest BCUT2D eigenvalue weighted by molar-refractivity contribution is -0.128. The molecule has 0 bridgehead atoms. The molecule has 3 aromatic rings. The van der Waals surface area contributed by atoms with Gasteiger partial charge in [-0.05, 0) is 42.2 Å². The van der Waals surface area contributed by atoms with Gasteiger partial charge in [-0.3, -0.25) is 9.59 Å². The molecule has 1 aliphatic carbocycles. The van der Waals surface area contributed by atoms with Crippen LogP contribution in [0.2, 0.25) is 5.02 Å². The quantitative estimate of drug-likeness (QED) is 0.573. The topological polar surface area (TPSA) is 74.0 Å². The fraction of sp³-hybridized carbons (Fsp3) is 0.273. The summed E-state index contributed by atoms with van der Waals surface area (Å²) >= 11 is 5.90. The maximum absolute atomic E-state index is 12.7. The molecule has 3 N–H and O–H groups in total. The SMILES string of the molecule is O=C(Cc1ccc(Cl)cc1)N[C@@H](Cc1c[nH]c2ccccc12)C(=O)NC1CC1. The normalized spacial score (nSPS) is 14.6. The summed E-state index contributed by atoms with van der Waals surface area (Å²) in [6.45, 7) is 0. The predicted molar refractivity (Wildman–Crippen MR) is 110 cm³/mol. The smallest absolute Gasteiger partial charge is 0.243 e. The minimum atomic E-state index is -0.611. The second-order valence-corrected chi connectivity index (χ2v) is 7.71. The van der Waals surface area contributed by atoms with Crippen LogP contribution in [0.3, 0.4) is 0 Å². The Morgan fingerprint density at radius 1 is 1.11 bits per heavy atom. The summed E-state index contributed by atoms with van der Waals surface area (Å²) in [5, 5.41) is 7.63. The molecule has 1 atom stereocenters. The van der Waals surface area contributed by atoms with Gasteiger partial charge in [-0.15, -0.1) is 0 Å². The molecule has 0 spiro atoms. The molecule has 2 amide bonds. The van der Waals surface area contributed by atoms with Gasteiger partial charge in [0.2, 0.25) is 11.8 Å². The first-order valence-corrected chi connectivity index (χ1v) is 9.85. The molecular formula is C22H22ClN3O2. The number of hydrogen-bond acceptors (Lipinski definition) is 2. The first kappa shape index (κ1) is 18.6. The highest BCUT2D eigenvalue weighted by atomic mass is 35.5. The molecule has 0 unspecified atom stereocenters. The van der Waals surface area contributed by atoms with Crippen molar-refractivity contribution in [3.8, 4) is 0 Å². The van der Waals surface area contributed by atoms with E-state index >= 15 is 0 Å². The Labute approximate surface area is 168 Å². The Balaban J connectivity index is 1.48. The first-order valence-electron chi connectivity index (χ1n) is 9.47. The Kier molecular flexibility index (Phi) is 5.35. The van der Waals surface area contributed by atoms with Crippen molar-refractivity contribution in [1.29, 1.82) is 0 Å². The molecule has 0 radical (unpaired) electrons. The molecular weight excluding hydrogens is 374 g/mol. The van der Waals surface area contributed by atoms with Gasteiger partial charge in [0.1, 0.15) is 6.04 Å². The maximum atomic E-state index is 12.7. The number of benzene rings is 2. The van der Waals surface area contributed by atoms with Crippen LogP contribution in [0.25, 0.3) is 10.9 Å². The second kappa shape index (κ2) is 8.07. The number of fused-ring (bicyclic) bond motifs is 1. The molecule has 5 nitrogen and oxygen atoms in total. The van der Waals surface area contributed by atoms with Crippen molar-refractivity contribution in [2.24, 2.45) is 0 Å². The van der Waals surface area contributed by atoms with E-state index in [0.717, 1.165) is 34.9 Å². The Morgan fingerprint density at radius 2 is 1.86 bits per heavy atom. The Bertz CT molecular complexity index is 992. The van der Waals surface area contributed by atoms with Crippen molar-refractivity contribution in [3.63, 3.8) is 0 Å². The third-order valence-corrected chi connectivity index (χ3v) is 5.20. The number of amides is 2. The number of carbonyl (C=O) groups is 2. The average Bonchev–Trinajstić information content (AvgIpc) is 3.41. The predicted octanol–water partition coefficient (Wildman–Crippen LogP) is 3.37. The molecule has 0 saturated heterocycles. The van der Waals surface area contributed by atoms with Crippen LogP contribution >= 0.6 is 11.6 Å². The summed E-state index contributed by atoms with van der Waals surface area (Å²) in [7, 11) is 0. The average molecular weight is 396 g/mol. The van der Waals surface area contributed by atoms with Gasteiger partial charge in [0, 0.05) is 34.6 Å². The molecule has 4 rings (SSSR count). The van der Waals surface area contributed by atoms with E-state index in [9.17, 15) is 9.59 Å². The number of H-pyrrole nitrogens is 1. The number of halogens is 1. The summed E-state index contributed by atoms with van der Waals surface area (Å²) in [4.78, 5) is 28.5. The summed E-state index contributed by atoms with van der Waals surface area (Å²) < 4.78 is 0. The van der Waals surface area contributed by atoms with Gasteiger partial charge < -0.3 is 15.6 Å². The van der Waals surface area contributed by atoms with Crippen molar-refractivity contribution in [3.05, 3.63) is 70.9 Å². The van der Waals surface area contributed by atoms with E-state index in [4.69, 9.17) is 11.6 Å². The highest BCUT2D eigenvalue weighted by molar-refractivity contribution is 6.30. The molecule has 0 aliphatic heterocycles. The van der Waals surface area contributed by atoms with Crippen LogP contribution in [-0.4, -0.2) is 28.9 Å². The molecule has 1 fully saturated rings. The zero-order chi connectivity index (χ0) is 19.5. The molecule has 28 heavy (non-hydrogen) atoms. The van der Waals surface area contributed by atoms with Crippen LogP contribution in [0.1, 0.15) is 24.0 Å². The van der Waals surface area contributed by atoms with E-state index in [2.05, 4.69) is 15.6 Å². The van der Waals surface area contributed by atoms with Gasteiger partial charge in [0.25, 0.3) is 0 Å². The van der Waals surface area contributed by atoms with Gasteiger partial charge in [0.05, 0.1) is 6.42 Å². The van der Waals surface area contributed by atoms with Gasteiger partial charge >= 0.3 is 0 Å². The number of aromatic nitrogens is 1. The van der Waals surface area contributed by atoms with Gasteiger partial charge in [-0.1, -0.05) is 41.9 Å². The van der Waals surface area contributed by atoms with Crippen molar-refractivity contribution < 1.29 is 9.59 Å². The van der Waals surface area contributed by atoms with Crippen molar-refractivity contribution in [2.75, 3.05) is 0 Å². The fourth-order valence-electron chi connectivity index (χ4n) is 3.29. The molecule has 2 aromatic carbocycles. The van der Waals surface area contributed by atoms with Crippen molar-refractivity contribution in [1.82, 2.24) is 15.6 Å². The van der Waals surface area contributed by atoms with E-state index in [1.807, 2.05) is 42.6 Å². The standard InChI is InChI=1S/C22H22ClN3O2/c23-16-7-5-14(6-8-16)11-21(27)26-20(22(28)25-17-9-10-17)12-15-13-24-19-4-2-1-3-18(15)19/h1-8,13,17,20,24H,9-12H2,(H,25,28)(H,26,27)/t20-/m0/s1. The molecule has 6 heteroatoms. The summed E-state index contributed by atoms with van der Waals surface area (Å²) in [6, 6.07) is 14.7. The summed E-state index contributed by atoms with van der Waals surface area (Å²) in [5.74, 6) is -0.310. The van der Waals surface area contributed by atoms with E-state index in [1.54, 1.807) is 12.1 Å². The molecule has 1 heterocycles. The van der Waals surface area contributed by atoms with E-state index in [-0.39, 0.29) is 24.3 Å². The van der Waals surface area contributed by atoms with Crippen molar-refractivity contribution >= 4 is 34.3 Å². The number of aromatic amines is 1. The lowest BCUT2D eigenvalue weighted by Crippen LogP contribution is -2.49. The fourth-order valence-corrected chi connectivity index (χ4v) is 3.42.